The molecule has 4 heteroatoms. The summed E-state index contributed by atoms with van der Waals surface area (Å²) in [5, 5.41) is 2.85. The van der Waals surface area contributed by atoms with Gasteiger partial charge in [-0.05, 0) is 35.3 Å². The number of carbonyl (C=O) groups is 1. The van der Waals surface area contributed by atoms with E-state index in [2.05, 4.69) is 32.8 Å². The Hall–Kier alpha value is -1.16. The highest BCUT2D eigenvalue weighted by molar-refractivity contribution is 9.10. The molecule has 1 rings (SSSR count). The van der Waals surface area contributed by atoms with Gasteiger partial charge in [-0.2, -0.15) is 0 Å². The molecule has 0 fully saturated rings. The fraction of sp³-hybridized carbons (Fsp3) is 0.273. The summed E-state index contributed by atoms with van der Waals surface area (Å²) in [4.78, 5) is 15.6. The zero-order chi connectivity index (χ0) is 11.3. The van der Waals surface area contributed by atoms with Gasteiger partial charge in [-0.15, -0.1) is 6.58 Å². The predicted molar refractivity (Wildman–Crippen MR) is 63.7 cm³/mol. The van der Waals surface area contributed by atoms with E-state index < -0.39 is 0 Å². The first-order valence-electron chi connectivity index (χ1n) is 4.65. The third-order valence-corrected chi connectivity index (χ3v) is 2.30. The summed E-state index contributed by atoms with van der Waals surface area (Å²) in [5.74, 6) is -0.113. The SMILES string of the molecule is C=CCC(C)NC(=O)c1cncc(Br)c1. The van der Waals surface area contributed by atoms with Crippen molar-refractivity contribution in [2.75, 3.05) is 0 Å². The largest absolute Gasteiger partial charge is 0.349 e. The van der Waals surface area contributed by atoms with E-state index in [0.717, 1.165) is 10.9 Å². The maximum absolute atomic E-state index is 11.7. The summed E-state index contributed by atoms with van der Waals surface area (Å²) in [6, 6.07) is 1.83. The molecule has 1 atom stereocenters. The van der Waals surface area contributed by atoms with Gasteiger partial charge in [0.2, 0.25) is 0 Å². The van der Waals surface area contributed by atoms with Crippen LogP contribution >= 0.6 is 15.9 Å². The zero-order valence-corrected chi connectivity index (χ0v) is 10.1. The number of amides is 1. The number of hydrogen-bond donors (Lipinski definition) is 1. The first-order valence-corrected chi connectivity index (χ1v) is 5.45. The van der Waals surface area contributed by atoms with Crippen LogP contribution in [-0.4, -0.2) is 16.9 Å². The van der Waals surface area contributed by atoms with E-state index in [1.54, 1.807) is 24.5 Å². The summed E-state index contributed by atoms with van der Waals surface area (Å²) in [6.45, 7) is 5.56. The Labute approximate surface area is 97.7 Å². The fourth-order valence-electron chi connectivity index (χ4n) is 1.15. The Bertz CT molecular complexity index is 365. The van der Waals surface area contributed by atoms with E-state index in [1.165, 1.54) is 0 Å². The minimum Gasteiger partial charge on any atom is -0.349 e. The second kappa shape index (κ2) is 5.66. The Kier molecular flexibility index (Phi) is 4.49. The van der Waals surface area contributed by atoms with Crippen molar-refractivity contribution in [3.63, 3.8) is 0 Å². The second-order valence-corrected chi connectivity index (χ2v) is 4.21. The van der Waals surface area contributed by atoms with E-state index in [1.807, 2.05) is 6.92 Å². The van der Waals surface area contributed by atoms with Crippen LogP contribution < -0.4 is 5.32 Å². The first kappa shape index (κ1) is 11.9. The molecule has 0 bridgehead atoms. The third kappa shape index (κ3) is 3.83. The molecule has 0 aliphatic heterocycles. The van der Waals surface area contributed by atoms with Gasteiger partial charge in [0.25, 0.3) is 5.91 Å². The number of pyridine rings is 1. The van der Waals surface area contributed by atoms with Crippen LogP contribution in [0, 0.1) is 0 Å². The molecular formula is C11H13BrN2O. The Morgan fingerprint density at radius 2 is 2.47 bits per heavy atom. The molecule has 80 valence electrons. The summed E-state index contributed by atoms with van der Waals surface area (Å²) in [5.41, 5.74) is 0.556. The smallest absolute Gasteiger partial charge is 0.253 e. The number of rotatable bonds is 4. The van der Waals surface area contributed by atoms with Crippen molar-refractivity contribution in [1.82, 2.24) is 10.3 Å². The van der Waals surface area contributed by atoms with Crippen LogP contribution in [0.4, 0.5) is 0 Å². The maximum atomic E-state index is 11.7. The summed E-state index contributed by atoms with van der Waals surface area (Å²) < 4.78 is 0.798. The number of carbonyl (C=O) groups excluding carboxylic acids is 1. The van der Waals surface area contributed by atoms with Crippen LogP contribution in [0.3, 0.4) is 0 Å². The molecule has 1 N–H and O–H groups in total. The molecule has 0 spiro atoms. The van der Waals surface area contributed by atoms with Gasteiger partial charge >= 0.3 is 0 Å². The molecule has 0 aromatic carbocycles. The molecule has 1 amide bonds. The second-order valence-electron chi connectivity index (χ2n) is 3.29. The van der Waals surface area contributed by atoms with Crippen molar-refractivity contribution in [1.29, 1.82) is 0 Å². The highest BCUT2D eigenvalue weighted by Crippen LogP contribution is 2.09. The monoisotopic (exact) mass is 268 g/mol. The van der Waals surface area contributed by atoms with Crippen molar-refractivity contribution in [3.8, 4) is 0 Å². The fourth-order valence-corrected chi connectivity index (χ4v) is 1.52. The Balaban J connectivity index is 2.65. The van der Waals surface area contributed by atoms with Crippen molar-refractivity contribution in [2.24, 2.45) is 0 Å². The molecule has 0 aliphatic carbocycles. The zero-order valence-electron chi connectivity index (χ0n) is 8.53. The highest BCUT2D eigenvalue weighted by atomic mass is 79.9. The molecule has 0 saturated carbocycles. The Morgan fingerprint density at radius 3 is 3.07 bits per heavy atom. The molecule has 1 unspecified atom stereocenters. The highest BCUT2D eigenvalue weighted by Gasteiger charge is 2.08. The van der Waals surface area contributed by atoms with Gasteiger partial charge in [0, 0.05) is 22.9 Å². The average Bonchev–Trinajstić information content (AvgIpc) is 2.18. The molecular weight excluding hydrogens is 256 g/mol. The van der Waals surface area contributed by atoms with Gasteiger partial charge in [0.05, 0.1) is 5.56 Å². The van der Waals surface area contributed by atoms with Crippen LogP contribution in [-0.2, 0) is 0 Å². The standard InChI is InChI=1S/C11H13BrN2O/c1-3-4-8(2)14-11(15)9-5-10(12)7-13-6-9/h3,5-8H,1,4H2,2H3,(H,14,15). The average molecular weight is 269 g/mol. The van der Waals surface area contributed by atoms with Crippen molar-refractivity contribution < 1.29 is 4.79 Å². The predicted octanol–water partition coefficient (Wildman–Crippen LogP) is 2.54. The number of halogens is 1. The molecule has 1 aromatic rings. The maximum Gasteiger partial charge on any atom is 0.253 e. The van der Waals surface area contributed by atoms with Crippen LogP contribution in [0.2, 0.25) is 0 Å². The number of nitrogens with zero attached hydrogens (tertiary/aromatic N) is 1. The summed E-state index contributed by atoms with van der Waals surface area (Å²) in [6.07, 6.45) is 5.72. The lowest BCUT2D eigenvalue weighted by atomic mass is 10.2. The molecule has 0 radical (unpaired) electrons. The lowest BCUT2D eigenvalue weighted by Crippen LogP contribution is -2.32. The van der Waals surface area contributed by atoms with Crippen molar-refractivity contribution in [2.45, 2.75) is 19.4 Å². The van der Waals surface area contributed by atoms with Crippen LogP contribution in [0.5, 0.6) is 0 Å². The molecule has 3 nitrogen and oxygen atoms in total. The number of aromatic nitrogens is 1. The van der Waals surface area contributed by atoms with Crippen LogP contribution in [0.1, 0.15) is 23.7 Å². The third-order valence-electron chi connectivity index (χ3n) is 1.86. The van der Waals surface area contributed by atoms with E-state index in [9.17, 15) is 4.79 Å². The van der Waals surface area contributed by atoms with Gasteiger partial charge in [-0.1, -0.05) is 6.08 Å². The number of hydrogen-bond acceptors (Lipinski definition) is 2. The van der Waals surface area contributed by atoms with Gasteiger partial charge in [-0.3, -0.25) is 9.78 Å². The van der Waals surface area contributed by atoms with Crippen molar-refractivity contribution in [3.05, 3.63) is 41.2 Å². The first-order chi connectivity index (χ1) is 7.13. The molecule has 15 heavy (non-hydrogen) atoms. The topological polar surface area (TPSA) is 42.0 Å². The van der Waals surface area contributed by atoms with Gasteiger partial charge < -0.3 is 5.32 Å². The van der Waals surface area contributed by atoms with Crippen LogP contribution in [0.15, 0.2) is 35.6 Å². The summed E-state index contributed by atoms with van der Waals surface area (Å²) >= 11 is 3.27. The van der Waals surface area contributed by atoms with Crippen LogP contribution in [0.25, 0.3) is 0 Å². The molecule has 0 saturated heterocycles. The normalized spacial score (nSPS) is 11.9. The minimum atomic E-state index is -0.113. The lowest BCUT2D eigenvalue weighted by Gasteiger charge is -2.11. The van der Waals surface area contributed by atoms with E-state index >= 15 is 0 Å². The molecule has 1 heterocycles. The van der Waals surface area contributed by atoms with Gasteiger partial charge in [0.1, 0.15) is 0 Å². The van der Waals surface area contributed by atoms with E-state index in [-0.39, 0.29) is 11.9 Å². The van der Waals surface area contributed by atoms with E-state index in [0.29, 0.717) is 5.56 Å². The minimum absolute atomic E-state index is 0.0916. The summed E-state index contributed by atoms with van der Waals surface area (Å²) in [7, 11) is 0. The Morgan fingerprint density at radius 1 is 1.73 bits per heavy atom. The number of nitrogens with one attached hydrogen (secondary N) is 1. The van der Waals surface area contributed by atoms with E-state index in [4.69, 9.17) is 0 Å². The lowest BCUT2D eigenvalue weighted by molar-refractivity contribution is 0.0940. The van der Waals surface area contributed by atoms with Crippen molar-refractivity contribution >= 4 is 21.8 Å². The quantitative estimate of drug-likeness (QED) is 0.853. The molecule has 0 aliphatic rings. The van der Waals surface area contributed by atoms with Gasteiger partial charge in [0.15, 0.2) is 0 Å². The molecule has 1 aromatic heterocycles. The van der Waals surface area contributed by atoms with Gasteiger partial charge in [-0.25, -0.2) is 0 Å².